The van der Waals surface area contributed by atoms with Crippen molar-refractivity contribution in [2.24, 2.45) is 0 Å². The first kappa shape index (κ1) is 17.7. The molecule has 112 valence electrons. The SMILES string of the molecule is CCCCCN(C(=O)N(CC)CCC(=O)O)C(C)C. The molecule has 0 aromatic rings. The molecule has 19 heavy (non-hydrogen) atoms. The summed E-state index contributed by atoms with van der Waals surface area (Å²) in [6, 6.07) is 0.0955. The standard InChI is InChI=1S/C14H28N2O3/c1-5-7-8-10-16(12(3)4)14(19)15(6-2)11-9-13(17)18/h12H,5-11H2,1-4H3,(H,17,18). The van der Waals surface area contributed by atoms with Crippen LogP contribution in [0, 0.1) is 0 Å². The molecule has 0 aromatic heterocycles. The van der Waals surface area contributed by atoms with E-state index in [4.69, 9.17) is 5.11 Å². The van der Waals surface area contributed by atoms with Crippen molar-refractivity contribution in [1.82, 2.24) is 9.80 Å². The molecule has 0 rings (SSSR count). The maximum atomic E-state index is 12.4. The Kier molecular flexibility index (Phi) is 9.00. The molecular formula is C14H28N2O3. The molecule has 0 aromatic carbocycles. The average Bonchev–Trinajstić information content (AvgIpc) is 2.34. The number of amides is 2. The first-order valence-electron chi connectivity index (χ1n) is 7.21. The largest absolute Gasteiger partial charge is 0.481 e. The number of aliphatic carboxylic acids is 1. The predicted octanol–water partition coefficient (Wildman–Crippen LogP) is 2.80. The molecule has 0 saturated heterocycles. The monoisotopic (exact) mass is 272 g/mol. The van der Waals surface area contributed by atoms with Crippen molar-refractivity contribution in [2.75, 3.05) is 19.6 Å². The molecule has 0 aliphatic rings. The fourth-order valence-corrected chi connectivity index (χ4v) is 1.91. The summed E-state index contributed by atoms with van der Waals surface area (Å²) >= 11 is 0. The highest BCUT2D eigenvalue weighted by Gasteiger charge is 2.22. The fraction of sp³-hybridized carbons (Fsp3) is 0.857. The van der Waals surface area contributed by atoms with Crippen LogP contribution in [0.5, 0.6) is 0 Å². The number of unbranched alkanes of at least 4 members (excludes halogenated alkanes) is 2. The van der Waals surface area contributed by atoms with E-state index in [9.17, 15) is 9.59 Å². The fourth-order valence-electron chi connectivity index (χ4n) is 1.91. The van der Waals surface area contributed by atoms with Gasteiger partial charge < -0.3 is 14.9 Å². The third-order valence-electron chi connectivity index (χ3n) is 3.12. The summed E-state index contributed by atoms with van der Waals surface area (Å²) in [5, 5.41) is 8.71. The average molecular weight is 272 g/mol. The lowest BCUT2D eigenvalue weighted by Gasteiger charge is -2.32. The zero-order chi connectivity index (χ0) is 14.8. The number of carboxylic acid groups (broad SMARTS) is 1. The van der Waals surface area contributed by atoms with Crippen molar-refractivity contribution in [1.29, 1.82) is 0 Å². The Morgan fingerprint density at radius 3 is 2.16 bits per heavy atom. The Morgan fingerprint density at radius 1 is 1.11 bits per heavy atom. The van der Waals surface area contributed by atoms with Gasteiger partial charge in [0.25, 0.3) is 0 Å². The normalized spacial score (nSPS) is 10.6. The van der Waals surface area contributed by atoms with E-state index in [0.29, 0.717) is 6.54 Å². The minimum Gasteiger partial charge on any atom is -0.481 e. The van der Waals surface area contributed by atoms with Gasteiger partial charge in [0.1, 0.15) is 0 Å². The number of carbonyl (C=O) groups is 2. The number of hydrogen-bond acceptors (Lipinski definition) is 2. The Bertz CT molecular complexity index is 280. The van der Waals surface area contributed by atoms with E-state index < -0.39 is 5.97 Å². The molecule has 0 aliphatic heterocycles. The number of urea groups is 1. The van der Waals surface area contributed by atoms with Gasteiger partial charge in [-0.15, -0.1) is 0 Å². The van der Waals surface area contributed by atoms with Crippen molar-refractivity contribution in [3.05, 3.63) is 0 Å². The second-order valence-electron chi connectivity index (χ2n) is 5.00. The van der Waals surface area contributed by atoms with Crippen LogP contribution in [-0.4, -0.2) is 52.6 Å². The summed E-state index contributed by atoms with van der Waals surface area (Å²) in [6.07, 6.45) is 3.23. The lowest BCUT2D eigenvalue weighted by atomic mass is 10.2. The highest BCUT2D eigenvalue weighted by atomic mass is 16.4. The number of nitrogens with zero attached hydrogens (tertiary/aromatic N) is 2. The molecule has 0 unspecified atom stereocenters. The highest BCUT2D eigenvalue weighted by molar-refractivity contribution is 5.75. The van der Waals surface area contributed by atoms with Crippen LogP contribution in [0.25, 0.3) is 0 Å². The third kappa shape index (κ3) is 7.03. The number of carboxylic acids is 1. The second kappa shape index (κ2) is 9.64. The molecule has 5 nitrogen and oxygen atoms in total. The first-order chi connectivity index (χ1) is 8.93. The highest BCUT2D eigenvalue weighted by Crippen LogP contribution is 2.08. The number of hydrogen-bond donors (Lipinski definition) is 1. The van der Waals surface area contributed by atoms with Gasteiger partial charge in [-0.1, -0.05) is 19.8 Å². The molecule has 5 heteroatoms. The van der Waals surface area contributed by atoms with Crippen molar-refractivity contribution in [3.63, 3.8) is 0 Å². The van der Waals surface area contributed by atoms with Gasteiger partial charge in [0.05, 0.1) is 6.42 Å². The Balaban J connectivity index is 4.51. The molecule has 0 radical (unpaired) electrons. The van der Waals surface area contributed by atoms with Gasteiger partial charge in [-0.3, -0.25) is 4.79 Å². The van der Waals surface area contributed by atoms with Crippen LogP contribution >= 0.6 is 0 Å². The van der Waals surface area contributed by atoms with E-state index in [1.54, 1.807) is 4.90 Å². The minimum atomic E-state index is -0.867. The Morgan fingerprint density at radius 2 is 1.74 bits per heavy atom. The smallest absolute Gasteiger partial charge is 0.320 e. The summed E-state index contributed by atoms with van der Waals surface area (Å²) in [7, 11) is 0. The zero-order valence-corrected chi connectivity index (χ0v) is 12.7. The molecule has 0 fully saturated rings. The minimum absolute atomic E-state index is 0.000471. The lowest BCUT2D eigenvalue weighted by Crippen LogP contribution is -2.47. The van der Waals surface area contributed by atoms with Crippen molar-refractivity contribution >= 4 is 12.0 Å². The molecule has 2 amide bonds. The van der Waals surface area contributed by atoms with E-state index in [-0.39, 0.29) is 25.0 Å². The van der Waals surface area contributed by atoms with E-state index in [1.165, 1.54) is 0 Å². The molecular weight excluding hydrogens is 244 g/mol. The maximum Gasteiger partial charge on any atom is 0.320 e. The number of rotatable bonds is 9. The Hall–Kier alpha value is -1.26. The molecule has 0 saturated carbocycles. The van der Waals surface area contributed by atoms with Crippen molar-refractivity contribution < 1.29 is 14.7 Å². The lowest BCUT2D eigenvalue weighted by molar-refractivity contribution is -0.137. The zero-order valence-electron chi connectivity index (χ0n) is 12.7. The van der Waals surface area contributed by atoms with Crippen LogP contribution in [-0.2, 0) is 4.79 Å². The van der Waals surface area contributed by atoms with Crippen LogP contribution < -0.4 is 0 Å². The summed E-state index contributed by atoms with van der Waals surface area (Å²) in [6.45, 7) is 9.57. The van der Waals surface area contributed by atoms with Gasteiger partial charge >= 0.3 is 12.0 Å². The van der Waals surface area contributed by atoms with E-state index in [0.717, 1.165) is 25.8 Å². The van der Waals surface area contributed by atoms with Gasteiger partial charge in [-0.2, -0.15) is 0 Å². The summed E-state index contributed by atoms with van der Waals surface area (Å²) < 4.78 is 0. The van der Waals surface area contributed by atoms with E-state index in [1.807, 2.05) is 25.7 Å². The quantitative estimate of drug-likeness (QED) is 0.656. The number of carbonyl (C=O) groups excluding carboxylic acids is 1. The first-order valence-corrected chi connectivity index (χ1v) is 7.21. The third-order valence-corrected chi connectivity index (χ3v) is 3.12. The molecule has 0 aliphatic carbocycles. The van der Waals surface area contributed by atoms with Gasteiger partial charge in [0.15, 0.2) is 0 Å². The molecule has 1 N–H and O–H groups in total. The van der Waals surface area contributed by atoms with Crippen molar-refractivity contribution in [3.8, 4) is 0 Å². The van der Waals surface area contributed by atoms with Crippen LogP contribution in [0.1, 0.15) is 53.4 Å². The van der Waals surface area contributed by atoms with E-state index in [2.05, 4.69) is 6.92 Å². The summed E-state index contributed by atoms with van der Waals surface area (Å²) in [5.74, 6) is -0.867. The maximum absolute atomic E-state index is 12.4. The summed E-state index contributed by atoms with van der Waals surface area (Å²) in [5.41, 5.74) is 0. The van der Waals surface area contributed by atoms with Gasteiger partial charge in [-0.25, -0.2) is 4.79 Å². The molecule has 0 atom stereocenters. The predicted molar refractivity (Wildman–Crippen MR) is 76.3 cm³/mol. The van der Waals surface area contributed by atoms with E-state index >= 15 is 0 Å². The molecule has 0 heterocycles. The topological polar surface area (TPSA) is 60.9 Å². The van der Waals surface area contributed by atoms with Crippen LogP contribution in [0.2, 0.25) is 0 Å². The van der Waals surface area contributed by atoms with Gasteiger partial charge in [0.2, 0.25) is 0 Å². The van der Waals surface area contributed by atoms with Crippen LogP contribution in [0.4, 0.5) is 4.79 Å². The molecule has 0 spiro atoms. The second-order valence-corrected chi connectivity index (χ2v) is 5.00. The van der Waals surface area contributed by atoms with Crippen molar-refractivity contribution in [2.45, 2.75) is 59.4 Å². The van der Waals surface area contributed by atoms with Gasteiger partial charge in [0, 0.05) is 25.7 Å². The Labute approximate surface area is 116 Å². The van der Waals surface area contributed by atoms with Gasteiger partial charge in [-0.05, 0) is 27.2 Å². The summed E-state index contributed by atoms with van der Waals surface area (Å²) in [4.78, 5) is 26.4. The van der Waals surface area contributed by atoms with Crippen LogP contribution in [0.15, 0.2) is 0 Å². The van der Waals surface area contributed by atoms with Crippen LogP contribution in [0.3, 0.4) is 0 Å². The molecule has 0 bridgehead atoms.